The number of rotatable bonds is 6. The predicted octanol–water partition coefficient (Wildman–Crippen LogP) is 4.98. The first kappa shape index (κ1) is 16.5. The van der Waals surface area contributed by atoms with Crippen molar-refractivity contribution in [3.05, 3.63) is 72.3 Å². The Morgan fingerprint density at radius 3 is 2.33 bits per heavy atom. The van der Waals surface area contributed by atoms with Gasteiger partial charge in [-0.15, -0.1) is 0 Å². The molecule has 0 aliphatic rings. The Hall–Kier alpha value is -2.33. The lowest BCUT2D eigenvalue weighted by Gasteiger charge is -2.11. The summed E-state index contributed by atoms with van der Waals surface area (Å²) in [7, 11) is -3.59. The lowest BCUT2D eigenvalue weighted by Crippen LogP contribution is -2.13. The molecule has 1 N–H and O–H groups in total. The van der Waals surface area contributed by atoms with Crippen LogP contribution in [0.4, 0.5) is 5.69 Å². The van der Waals surface area contributed by atoms with E-state index in [1.54, 1.807) is 18.2 Å². The van der Waals surface area contributed by atoms with Crippen LogP contribution in [0.25, 0.3) is 10.8 Å². The van der Waals surface area contributed by atoms with Crippen molar-refractivity contribution in [2.75, 3.05) is 4.72 Å². The highest BCUT2D eigenvalue weighted by Crippen LogP contribution is 2.25. The van der Waals surface area contributed by atoms with Gasteiger partial charge in [-0.2, -0.15) is 0 Å². The largest absolute Gasteiger partial charge is 0.279 e. The quantitative estimate of drug-likeness (QED) is 0.688. The summed E-state index contributed by atoms with van der Waals surface area (Å²) in [6.07, 6.45) is 3.22. The Kier molecular flexibility index (Phi) is 4.86. The fourth-order valence-electron chi connectivity index (χ4n) is 2.73. The summed E-state index contributed by atoms with van der Waals surface area (Å²) in [4.78, 5) is 0.288. The molecule has 0 amide bonds. The maximum absolute atomic E-state index is 12.7. The summed E-state index contributed by atoms with van der Waals surface area (Å²) >= 11 is 0. The molecular weight excluding hydrogens is 318 g/mol. The first-order valence-corrected chi connectivity index (χ1v) is 9.68. The molecule has 4 heteroatoms. The summed E-state index contributed by atoms with van der Waals surface area (Å²) in [6, 6.07) is 20.5. The van der Waals surface area contributed by atoms with Crippen LogP contribution in [0.1, 0.15) is 25.3 Å². The monoisotopic (exact) mass is 339 g/mol. The van der Waals surface area contributed by atoms with E-state index in [2.05, 4.69) is 11.6 Å². The molecule has 3 aromatic rings. The number of unbranched alkanes of at least 4 members (excludes halogenated alkanes) is 1. The van der Waals surface area contributed by atoms with Gasteiger partial charge < -0.3 is 0 Å². The van der Waals surface area contributed by atoms with Crippen LogP contribution in [0.15, 0.2) is 71.6 Å². The topological polar surface area (TPSA) is 46.2 Å². The van der Waals surface area contributed by atoms with Crippen LogP contribution in [0.3, 0.4) is 0 Å². The minimum atomic E-state index is -3.59. The molecule has 24 heavy (non-hydrogen) atoms. The van der Waals surface area contributed by atoms with Gasteiger partial charge in [-0.3, -0.25) is 4.72 Å². The van der Waals surface area contributed by atoms with E-state index in [1.807, 2.05) is 48.5 Å². The van der Waals surface area contributed by atoms with Crippen molar-refractivity contribution in [3.63, 3.8) is 0 Å². The van der Waals surface area contributed by atoms with Crippen molar-refractivity contribution < 1.29 is 8.42 Å². The molecule has 0 fully saturated rings. The Labute approximate surface area is 143 Å². The number of hydrogen-bond donors (Lipinski definition) is 1. The van der Waals surface area contributed by atoms with Crippen LogP contribution < -0.4 is 4.72 Å². The van der Waals surface area contributed by atoms with Crippen molar-refractivity contribution in [3.8, 4) is 0 Å². The Morgan fingerprint density at radius 1 is 0.875 bits per heavy atom. The summed E-state index contributed by atoms with van der Waals surface area (Å²) in [6.45, 7) is 2.15. The maximum atomic E-state index is 12.7. The summed E-state index contributed by atoms with van der Waals surface area (Å²) < 4.78 is 28.0. The normalized spacial score (nSPS) is 11.5. The number of aryl methyl sites for hydroxylation is 1. The second-order valence-corrected chi connectivity index (χ2v) is 7.56. The smallest absolute Gasteiger partial charge is 0.261 e. The van der Waals surface area contributed by atoms with Crippen LogP contribution in [0.5, 0.6) is 0 Å². The minimum Gasteiger partial charge on any atom is -0.279 e. The number of nitrogens with one attached hydrogen (secondary N) is 1. The number of hydrogen-bond acceptors (Lipinski definition) is 2. The first-order chi connectivity index (χ1) is 11.6. The van der Waals surface area contributed by atoms with E-state index in [9.17, 15) is 8.42 Å². The zero-order chi connectivity index (χ0) is 17.0. The van der Waals surface area contributed by atoms with E-state index >= 15 is 0 Å². The third-order valence-corrected chi connectivity index (χ3v) is 5.47. The number of anilines is 1. The first-order valence-electron chi connectivity index (χ1n) is 8.19. The van der Waals surface area contributed by atoms with Gasteiger partial charge in [0.15, 0.2) is 0 Å². The molecule has 0 aromatic heterocycles. The second kappa shape index (κ2) is 7.05. The van der Waals surface area contributed by atoms with Crippen LogP contribution in [0.2, 0.25) is 0 Å². The summed E-state index contributed by atoms with van der Waals surface area (Å²) in [5.74, 6) is 0. The van der Waals surface area contributed by atoms with Gasteiger partial charge in [0.1, 0.15) is 0 Å². The second-order valence-electron chi connectivity index (χ2n) is 5.88. The SMILES string of the molecule is CCCCc1ccc(S(=O)(=O)Nc2cccc3ccccc23)cc1. The molecule has 3 nitrogen and oxygen atoms in total. The zero-order valence-electron chi connectivity index (χ0n) is 13.7. The van der Waals surface area contributed by atoms with Gasteiger partial charge in [0.2, 0.25) is 0 Å². The van der Waals surface area contributed by atoms with Crippen molar-refractivity contribution in [2.45, 2.75) is 31.1 Å². The number of fused-ring (bicyclic) bond motifs is 1. The van der Waals surface area contributed by atoms with Gasteiger partial charge >= 0.3 is 0 Å². The maximum Gasteiger partial charge on any atom is 0.261 e. The lowest BCUT2D eigenvalue weighted by molar-refractivity contribution is 0.601. The molecule has 0 aliphatic heterocycles. The van der Waals surface area contributed by atoms with Crippen LogP contribution in [-0.2, 0) is 16.4 Å². The minimum absolute atomic E-state index is 0.288. The fraction of sp³-hybridized carbons (Fsp3) is 0.200. The molecule has 124 valence electrons. The average Bonchev–Trinajstić information content (AvgIpc) is 2.60. The van der Waals surface area contributed by atoms with Crippen LogP contribution >= 0.6 is 0 Å². The van der Waals surface area contributed by atoms with Gasteiger partial charge in [0.05, 0.1) is 10.6 Å². The average molecular weight is 339 g/mol. The fourth-order valence-corrected chi connectivity index (χ4v) is 3.81. The van der Waals surface area contributed by atoms with Crippen LogP contribution in [-0.4, -0.2) is 8.42 Å². The summed E-state index contributed by atoms with van der Waals surface area (Å²) in [5, 5.41) is 1.90. The molecule has 0 atom stereocenters. The zero-order valence-corrected chi connectivity index (χ0v) is 14.5. The Balaban J connectivity index is 1.88. The highest BCUT2D eigenvalue weighted by atomic mass is 32.2. The van der Waals surface area contributed by atoms with Crippen molar-refractivity contribution in [1.82, 2.24) is 0 Å². The standard InChI is InChI=1S/C20H21NO2S/c1-2-3-7-16-12-14-18(15-13-16)24(22,23)21-20-11-6-9-17-8-4-5-10-19(17)20/h4-6,8-15,21H,2-3,7H2,1H3. The highest BCUT2D eigenvalue weighted by Gasteiger charge is 2.15. The van der Waals surface area contributed by atoms with E-state index in [-0.39, 0.29) is 4.90 Å². The van der Waals surface area contributed by atoms with Crippen molar-refractivity contribution in [1.29, 1.82) is 0 Å². The third-order valence-electron chi connectivity index (χ3n) is 4.09. The molecule has 0 aliphatic carbocycles. The van der Waals surface area contributed by atoms with Gasteiger partial charge in [0, 0.05) is 5.39 Å². The number of benzene rings is 3. The Morgan fingerprint density at radius 2 is 1.58 bits per heavy atom. The van der Waals surface area contributed by atoms with E-state index < -0.39 is 10.0 Å². The van der Waals surface area contributed by atoms with E-state index in [1.165, 1.54) is 5.56 Å². The predicted molar refractivity (Wildman–Crippen MR) is 99.8 cm³/mol. The van der Waals surface area contributed by atoms with Crippen molar-refractivity contribution in [2.24, 2.45) is 0 Å². The van der Waals surface area contributed by atoms with Crippen LogP contribution in [0, 0.1) is 0 Å². The molecule has 0 spiro atoms. The number of sulfonamides is 1. The van der Waals surface area contributed by atoms with Gasteiger partial charge in [-0.25, -0.2) is 8.42 Å². The molecule has 0 bridgehead atoms. The lowest BCUT2D eigenvalue weighted by atomic mass is 10.1. The molecule has 3 rings (SSSR count). The van der Waals surface area contributed by atoms with E-state index in [0.29, 0.717) is 5.69 Å². The van der Waals surface area contributed by atoms with Gasteiger partial charge in [-0.05, 0) is 42.0 Å². The third kappa shape index (κ3) is 3.60. The molecule has 0 heterocycles. The van der Waals surface area contributed by atoms with E-state index in [0.717, 1.165) is 30.0 Å². The molecule has 0 saturated carbocycles. The molecular formula is C20H21NO2S. The van der Waals surface area contributed by atoms with Gasteiger partial charge in [0.25, 0.3) is 10.0 Å². The van der Waals surface area contributed by atoms with Gasteiger partial charge in [-0.1, -0.05) is 61.9 Å². The Bertz CT molecular complexity index is 926. The highest BCUT2D eigenvalue weighted by molar-refractivity contribution is 7.92. The molecule has 3 aromatic carbocycles. The molecule has 0 saturated heterocycles. The molecule has 0 unspecified atom stereocenters. The summed E-state index contributed by atoms with van der Waals surface area (Å²) in [5.41, 5.74) is 1.77. The molecule has 0 radical (unpaired) electrons. The van der Waals surface area contributed by atoms with Crippen molar-refractivity contribution >= 4 is 26.5 Å². The van der Waals surface area contributed by atoms with E-state index in [4.69, 9.17) is 0 Å².